The predicted molar refractivity (Wildman–Crippen MR) is 116 cm³/mol. The van der Waals surface area contributed by atoms with Crippen molar-refractivity contribution in [1.29, 1.82) is 0 Å². The number of hydrogen-bond donors (Lipinski definition) is 1. The maximum Gasteiger partial charge on any atom is 0.338 e. The average molecular weight is 473 g/mol. The minimum atomic E-state index is -3.75. The number of esters is 1. The van der Waals surface area contributed by atoms with Crippen LogP contribution in [0.15, 0.2) is 81.6 Å². The maximum absolute atomic E-state index is 13.1. The van der Waals surface area contributed by atoms with Crippen LogP contribution < -0.4 is 4.72 Å². The van der Waals surface area contributed by atoms with Crippen LogP contribution in [0.3, 0.4) is 0 Å². The van der Waals surface area contributed by atoms with Crippen LogP contribution in [0.5, 0.6) is 0 Å². The number of rotatable bonds is 8. The van der Waals surface area contributed by atoms with Gasteiger partial charge in [-0.2, -0.15) is 0 Å². The average Bonchev–Trinajstić information content (AvgIpc) is 3.49. The Kier molecular flexibility index (Phi) is 6.45. The van der Waals surface area contributed by atoms with Crippen molar-refractivity contribution in [2.45, 2.75) is 18.0 Å². The van der Waals surface area contributed by atoms with E-state index in [0.717, 1.165) is 5.56 Å². The van der Waals surface area contributed by atoms with Crippen molar-refractivity contribution in [2.24, 2.45) is 0 Å². The van der Waals surface area contributed by atoms with Crippen LogP contribution >= 0.6 is 11.3 Å². The van der Waals surface area contributed by atoms with Gasteiger partial charge in [-0.3, -0.25) is 0 Å². The summed E-state index contributed by atoms with van der Waals surface area (Å²) >= 11 is 1.36. The highest BCUT2D eigenvalue weighted by Crippen LogP contribution is 2.24. The number of nitrogens with zero attached hydrogens (tertiary/aromatic N) is 1. The summed E-state index contributed by atoms with van der Waals surface area (Å²) < 4.78 is 50.6. The van der Waals surface area contributed by atoms with Crippen LogP contribution in [0.1, 0.15) is 21.8 Å². The second kappa shape index (κ2) is 9.43. The largest absolute Gasteiger partial charge is 0.468 e. The molecule has 4 rings (SSSR count). The Morgan fingerprint density at radius 2 is 1.84 bits per heavy atom. The Morgan fingerprint density at radius 1 is 1.09 bits per heavy atom. The second-order valence-corrected chi connectivity index (χ2v) is 9.28. The summed E-state index contributed by atoms with van der Waals surface area (Å²) in [5.41, 5.74) is 1.54. The highest BCUT2D eigenvalue weighted by Gasteiger charge is 2.16. The SMILES string of the molecule is O=C(OCc1csc(-c2ccc(F)cc2)n1)c1ccc(S(=O)(=O)NCc2ccco2)cc1. The van der Waals surface area contributed by atoms with Crippen LogP contribution in [0.25, 0.3) is 10.6 Å². The zero-order chi connectivity index (χ0) is 22.6. The third kappa shape index (κ3) is 5.28. The number of carbonyl (C=O) groups excluding carboxylic acids is 1. The number of sulfonamides is 1. The first-order valence-electron chi connectivity index (χ1n) is 9.40. The minimum absolute atomic E-state index is 0.0176. The van der Waals surface area contributed by atoms with Crippen LogP contribution in [-0.4, -0.2) is 19.4 Å². The standard InChI is InChI=1S/C22H17FN2O5S2/c23-17-7-3-15(4-8-17)21-25-18(14-31-21)13-30-22(26)16-5-9-20(10-6-16)32(27,28)24-12-19-2-1-11-29-19/h1-11,14,24H,12-13H2. The lowest BCUT2D eigenvalue weighted by Gasteiger charge is -2.07. The lowest BCUT2D eigenvalue weighted by atomic mass is 10.2. The Balaban J connectivity index is 1.34. The van der Waals surface area contributed by atoms with E-state index in [4.69, 9.17) is 9.15 Å². The Hall–Kier alpha value is -3.34. The molecule has 0 aliphatic carbocycles. The van der Waals surface area contributed by atoms with Gasteiger partial charge in [-0.25, -0.2) is 27.3 Å². The van der Waals surface area contributed by atoms with Crippen LogP contribution in [0.4, 0.5) is 4.39 Å². The first-order valence-corrected chi connectivity index (χ1v) is 11.8. The molecule has 0 atom stereocenters. The van der Waals surface area contributed by atoms with E-state index in [9.17, 15) is 17.6 Å². The van der Waals surface area contributed by atoms with Crippen molar-refractivity contribution in [3.05, 3.63) is 95.1 Å². The Labute approximate surface area is 187 Å². The molecule has 7 nitrogen and oxygen atoms in total. The quantitative estimate of drug-likeness (QED) is 0.382. The number of benzene rings is 2. The molecule has 0 spiro atoms. The van der Waals surface area contributed by atoms with E-state index in [1.54, 1.807) is 29.6 Å². The fraction of sp³-hybridized carbons (Fsp3) is 0.0909. The number of ether oxygens (including phenoxy) is 1. The summed E-state index contributed by atoms with van der Waals surface area (Å²) in [6.07, 6.45) is 1.46. The highest BCUT2D eigenvalue weighted by atomic mass is 32.2. The number of nitrogens with one attached hydrogen (secondary N) is 1. The van der Waals surface area contributed by atoms with Gasteiger partial charge in [0.2, 0.25) is 10.0 Å². The predicted octanol–water partition coefficient (Wildman–Crippen LogP) is 4.38. The summed E-state index contributed by atoms with van der Waals surface area (Å²) in [4.78, 5) is 16.7. The molecule has 0 unspecified atom stereocenters. The molecule has 2 heterocycles. The van der Waals surface area contributed by atoms with Crippen LogP contribution in [0, 0.1) is 5.82 Å². The summed E-state index contributed by atoms with van der Waals surface area (Å²) in [6.45, 7) is -0.0199. The van der Waals surface area contributed by atoms with Gasteiger partial charge < -0.3 is 9.15 Å². The number of hydrogen-bond acceptors (Lipinski definition) is 7. The van der Waals surface area contributed by atoms with Gasteiger partial charge in [0.05, 0.1) is 29.0 Å². The van der Waals surface area contributed by atoms with Gasteiger partial charge in [0, 0.05) is 10.9 Å². The van der Waals surface area contributed by atoms with E-state index in [1.165, 1.54) is 54.0 Å². The normalized spacial score (nSPS) is 11.4. The van der Waals surface area contributed by atoms with Crippen LogP contribution in [0.2, 0.25) is 0 Å². The van der Waals surface area contributed by atoms with Crippen molar-refractivity contribution in [2.75, 3.05) is 0 Å². The summed E-state index contributed by atoms with van der Waals surface area (Å²) in [7, 11) is -3.75. The molecule has 0 aliphatic heterocycles. The monoisotopic (exact) mass is 472 g/mol. The van der Waals surface area contributed by atoms with Crippen molar-refractivity contribution in [3.63, 3.8) is 0 Å². The smallest absolute Gasteiger partial charge is 0.338 e. The molecule has 0 saturated carbocycles. The fourth-order valence-corrected chi connectivity index (χ4v) is 4.56. The molecule has 0 amide bonds. The molecule has 1 N–H and O–H groups in total. The first-order chi connectivity index (χ1) is 15.4. The third-order valence-electron chi connectivity index (χ3n) is 4.41. The first kappa shape index (κ1) is 21.9. The van der Waals surface area contributed by atoms with Gasteiger partial charge in [-0.15, -0.1) is 11.3 Å². The van der Waals surface area contributed by atoms with Gasteiger partial charge in [-0.1, -0.05) is 0 Å². The van der Waals surface area contributed by atoms with Gasteiger partial charge in [0.1, 0.15) is 23.2 Å². The number of halogens is 1. The van der Waals surface area contributed by atoms with Crippen molar-refractivity contribution in [3.8, 4) is 10.6 Å². The molecule has 0 saturated heterocycles. The zero-order valence-corrected chi connectivity index (χ0v) is 18.2. The van der Waals surface area contributed by atoms with Crippen LogP contribution in [-0.2, 0) is 27.9 Å². The zero-order valence-electron chi connectivity index (χ0n) is 16.5. The Morgan fingerprint density at radius 3 is 2.53 bits per heavy atom. The maximum atomic E-state index is 13.1. The molecule has 0 fully saturated rings. The van der Waals surface area contributed by atoms with Crippen molar-refractivity contribution >= 4 is 27.3 Å². The second-order valence-electron chi connectivity index (χ2n) is 6.66. The number of carbonyl (C=O) groups is 1. The lowest BCUT2D eigenvalue weighted by molar-refractivity contribution is 0.0468. The van der Waals surface area contributed by atoms with Crippen molar-refractivity contribution < 1.29 is 26.8 Å². The van der Waals surface area contributed by atoms with Gasteiger partial charge in [0.15, 0.2) is 0 Å². The fourth-order valence-electron chi connectivity index (χ4n) is 2.75. The molecule has 0 bridgehead atoms. The molecule has 0 aliphatic rings. The molecule has 32 heavy (non-hydrogen) atoms. The lowest BCUT2D eigenvalue weighted by Crippen LogP contribution is -2.23. The molecule has 10 heteroatoms. The van der Waals surface area contributed by atoms with Gasteiger partial charge in [-0.05, 0) is 60.7 Å². The molecular formula is C22H17FN2O5S2. The molecule has 4 aromatic rings. The number of thiazole rings is 1. The summed E-state index contributed by atoms with van der Waals surface area (Å²) in [6, 6.07) is 14.7. The molecule has 164 valence electrons. The van der Waals surface area contributed by atoms with Crippen molar-refractivity contribution in [1.82, 2.24) is 9.71 Å². The third-order valence-corrected chi connectivity index (χ3v) is 6.77. The number of furan rings is 1. The van der Waals surface area contributed by atoms with Gasteiger partial charge >= 0.3 is 5.97 Å². The van der Waals surface area contributed by atoms with E-state index >= 15 is 0 Å². The van der Waals surface area contributed by atoms with E-state index < -0.39 is 16.0 Å². The molecule has 2 aromatic heterocycles. The van der Waals surface area contributed by atoms with E-state index in [2.05, 4.69) is 9.71 Å². The summed E-state index contributed by atoms with van der Waals surface area (Å²) in [5.74, 6) is -0.446. The minimum Gasteiger partial charge on any atom is -0.468 e. The van der Waals surface area contributed by atoms with E-state index in [1.807, 2.05) is 0 Å². The number of aromatic nitrogens is 1. The van der Waals surface area contributed by atoms with E-state index in [0.29, 0.717) is 16.5 Å². The summed E-state index contributed by atoms with van der Waals surface area (Å²) in [5, 5.41) is 2.44. The van der Waals surface area contributed by atoms with E-state index in [-0.39, 0.29) is 29.4 Å². The molecular weight excluding hydrogens is 455 g/mol. The highest BCUT2D eigenvalue weighted by molar-refractivity contribution is 7.89. The molecule has 0 radical (unpaired) electrons. The topological polar surface area (TPSA) is 98.5 Å². The van der Waals surface area contributed by atoms with Gasteiger partial charge in [0.25, 0.3) is 0 Å². The molecule has 2 aromatic carbocycles. The Bertz CT molecular complexity index is 1300.